The van der Waals surface area contributed by atoms with E-state index in [9.17, 15) is 4.79 Å². The Bertz CT molecular complexity index is 457. The third kappa shape index (κ3) is 2.62. The second-order valence-electron chi connectivity index (χ2n) is 5.87. The lowest BCUT2D eigenvalue weighted by Crippen LogP contribution is -2.27. The summed E-state index contributed by atoms with van der Waals surface area (Å²) in [5, 5.41) is 0. The number of pyridine rings is 1. The van der Waals surface area contributed by atoms with Crippen molar-refractivity contribution in [2.75, 3.05) is 18.6 Å². The van der Waals surface area contributed by atoms with Gasteiger partial charge in [0, 0.05) is 33.5 Å². The highest BCUT2D eigenvalue weighted by atomic mass is 28.3. The summed E-state index contributed by atoms with van der Waals surface area (Å²) in [4.78, 5) is 17.9. The van der Waals surface area contributed by atoms with Gasteiger partial charge in [-0.3, -0.25) is 9.69 Å². The van der Waals surface area contributed by atoms with Gasteiger partial charge in [-0.05, 0) is 12.1 Å². The number of anilines is 1. The maximum atomic E-state index is 12.1. The first-order valence-electron chi connectivity index (χ1n) is 6.24. The molecule has 1 aromatic rings. The Balaban J connectivity index is 2.08. The summed E-state index contributed by atoms with van der Waals surface area (Å²) < 4.78 is 5.79. The summed E-state index contributed by atoms with van der Waals surface area (Å²) in [6, 6.07) is 4.83. The van der Waals surface area contributed by atoms with Crippen molar-refractivity contribution in [1.82, 2.24) is 4.98 Å². The molecule has 98 valence electrons. The van der Waals surface area contributed by atoms with Gasteiger partial charge >= 0.3 is 0 Å². The molecule has 18 heavy (non-hydrogen) atoms. The first-order valence-corrected chi connectivity index (χ1v) is 9.95. The number of rotatable bonds is 4. The minimum absolute atomic E-state index is 0.0146. The SMILES string of the molecule is CN1C(=O)C(OCC[Si](C)(C)C)c2cccnc21. The number of fused-ring (bicyclic) bond motifs is 1. The summed E-state index contributed by atoms with van der Waals surface area (Å²) in [6.07, 6.45) is 1.24. The van der Waals surface area contributed by atoms with Crippen LogP contribution < -0.4 is 4.90 Å². The summed E-state index contributed by atoms with van der Waals surface area (Å²) in [5.41, 5.74) is 0.889. The van der Waals surface area contributed by atoms with Crippen molar-refractivity contribution in [3.05, 3.63) is 23.9 Å². The minimum Gasteiger partial charge on any atom is -0.364 e. The number of nitrogens with zero attached hydrogens (tertiary/aromatic N) is 2. The summed E-state index contributed by atoms with van der Waals surface area (Å²) in [5.74, 6) is 0.708. The van der Waals surface area contributed by atoms with Crippen LogP contribution in [0, 0.1) is 0 Å². The number of hydrogen-bond acceptors (Lipinski definition) is 3. The van der Waals surface area contributed by atoms with Gasteiger partial charge in [0.25, 0.3) is 5.91 Å². The van der Waals surface area contributed by atoms with Gasteiger partial charge in [0.05, 0.1) is 0 Å². The molecule has 0 fully saturated rings. The summed E-state index contributed by atoms with van der Waals surface area (Å²) in [7, 11) is 0.621. The van der Waals surface area contributed by atoms with Gasteiger partial charge in [-0.15, -0.1) is 0 Å². The van der Waals surface area contributed by atoms with Crippen molar-refractivity contribution in [2.45, 2.75) is 31.8 Å². The van der Waals surface area contributed by atoms with E-state index >= 15 is 0 Å². The minimum atomic E-state index is -1.13. The van der Waals surface area contributed by atoms with Crippen molar-refractivity contribution in [2.24, 2.45) is 0 Å². The van der Waals surface area contributed by atoms with Crippen molar-refractivity contribution in [3.8, 4) is 0 Å². The fraction of sp³-hybridized carbons (Fsp3) is 0.538. The third-order valence-corrected chi connectivity index (χ3v) is 4.81. The van der Waals surface area contributed by atoms with Gasteiger partial charge in [-0.25, -0.2) is 4.98 Å². The monoisotopic (exact) mass is 264 g/mol. The Hall–Kier alpha value is -1.20. The van der Waals surface area contributed by atoms with Crippen LogP contribution in [-0.2, 0) is 9.53 Å². The molecule has 0 bridgehead atoms. The molecule has 5 heteroatoms. The van der Waals surface area contributed by atoms with E-state index in [1.54, 1.807) is 18.1 Å². The van der Waals surface area contributed by atoms with E-state index < -0.39 is 14.2 Å². The zero-order valence-corrected chi connectivity index (χ0v) is 12.4. The van der Waals surface area contributed by atoms with Crippen LogP contribution in [0.3, 0.4) is 0 Å². The van der Waals surface area contributed by atoms with E-state index in [-0.39, 0.29) is 5.91 Å². The highest BCUT2D eigenvalue weighted by molar-refractivity contribution is 6.76. The second kappa shape index (κ2) is 4.82. The van der Waals surface area contributed by atoms with Gasteiger partial charge in [-0.2, -0.15) is 0 Å². The molecule has 1 amide bonds. The quantitative estimate of drug-likeness (QED) is 0.785. The van der Waals surface area contributed by atoms with Crippen LogP contribution >= 0.6 is 0 Å². The van der Waals surface area contributed by atoms with Gasteiger partial charge in [0.15, 0.2) is 6.10 Å². The van der Waals surface area contributed by atoms with Crippen molar-refractivity contribution < 1.29 is 9.53 Å². The van der Waals surface area contributed by atoms with Crippen LogP contribution in [-0.4, -0.2) is 32.6 Å². The Morgan fingerprint density at radius 3 is 2.83 bits per heavy atom. The molecule has 0 saturated heterocycles. The Morgan fingerprint density at radius 2 is 2.17 bits per heavy atom. The molecular weight excluding hydrogens is 244 g/mol. The summed E-state index contributed by atoms with van der Waals surface area (Å²) >= 11 is 0. The molecular formula is C13H20N2O2Si. The molecule has 2 rings (SSSR count). The van der Waals surface area contributed by atoms with Gasteiger partial charge in [0.2, 0.25) is 0 Å². The lowest BCUT2D eigenvalue weighted by Gasteiger charge is -2.17. The Labute approximate surface area is 109 Å². The Kier molecular flexibility index (Phi) is 3.54. The van der Waals surface area contributed by atoms with Crippen LogP contribution in [0.15, 0.2) is 18.3 Å². The molecule has 0 spiro atoms. The first-order chi connectivity index (χ1) is 8.40. The molecule has 1 aromatic heterocycles. The molecule has 4 nitrogen and oxygen atoms in total. The van der Waals surface area contributed by atoms with Crippen LogP contribution in [0.5, 0.6) is 0 Å². The number of hydrogen-bond donors (Lipinski definition) is 0. The van der Waals surface area contributed by atoms with Gasteiger partial charge in [0.1, 0.15) is 5.82 Å². The molecule has 2 heterocycles. The largest absolute Gasteiger partial charge is 0.364 e. The lowest BCUT2D eigenvalue weighted by molar-refractivity contribution is -0.128. The Morgan fingerprint density at radius 1 is 1.44 bits per heavy atom. The first kappa shape index (κ1) is 13.2. The van der Waals surface area contributed by atoms with Crippen LogP contribution in [0.4, 0.5) is 5.82 Å². The molecule has 1 unspecified atom stereocenters. The number of likely N-dealkylation sites (N-methyl/N-ethyl adjacent to an activating group) is 1. The molecule has 0 aromatic carbocycles. The lowest BCUT2D eigenvalue weighted by atomic mass is 10.2. The maximum Gasteiger partial charge on any atom is 0.261 e. The maximum absolute atomic E-state index is 12.1. The standard InChI is InChI=1S/C13H20N2O2Si/c1-15-12-10(6-5-7-14-12)11(13(15)16)17-8-9-18(2,3)4/h5-7,11H,8-9H2,1-4H3. The predicted octanol–water partition coefficient (Wildman–Crippen LogP) is 2.45. The number of carbonyl (C=O) groups excluding carboxylic acids is 1. The average molecular weight is 264 g/mol. The molecule has 1 aliphatic heterocycles. The zero-order valence-electron chi connectivity index (χ0n) is 11.4. The number of aromatic nitrogens is 1. The molecule has 0 radical (unpaired) electrons. The number of carbonyl (C=O) groups is 1. The molecule has 0 aliphatic carbocycles. The van der Waals surface area contributed by atoms with E-state index in [1.165, 1.54) is 0 Å². The topological polar surface area (TPSA) is 42.4 Å². The zero-order chi connectivity index (χ0) is 13.3. The fourth-order valence-corrected chi connectivity index (χ4v) is 2.68. The van der Waals surface area contributed by atoms with Gasteiger partial charge in [-0.1, -0.05) is 25.7 Å². The van der Waals surface area contributed by atoms with E-state index in [4.69, 9.17) is 4.74 Å². The third-order valence-electron chi connectivity index (χ3n) is 3.11. The second-order valence-corrected chi connectivity index (χ2v) is 11.5. The predicted molar refractivity (Wildman–Crippen MR) is 74.5 cm³/mol. The van der Waals surface area contributed by atoms with E-state index in [0.717, 1.165) is 17.4 Å². The molecule has 0 N–H and O–H groups in total. The fourth-order valence-electron chi connectivity index (χ4n) is 1.95. The van der Waals surface area contributed by atoms with Crippen molar-refractivity contribution in [1.29, 1.82) is 0 Å². The van der Waals surface area contributed by atoms with Gasteiger partial charge < -0.3 is 4.74 Å². The number of ether oxygens (including phenoxy) is 1. The van der Waals surface area contributed by atoms with Crippen LogP contribution in [0.1, 0.15) is 11.7 Å². The smallest absolute Gasteiger partial charge is 0.261 e. The average Bonchev–Trinajstić information content (AvgIpc) is 2.53. The van der Waals surface area contributed by atoms with Crippen LogP contribution in [0.2, 0.25) is 25.7 Å². The highest BCUT2D eigenvalue weighted by Crippen LogP contribution is 2.35. The van der Waals surface area contributed by atoms with Crippen molar-refractivity contribution in [3.63, 3.8) is 0 Å². The summed E-state index contributed by atoms with van der Waals surface area (Å²) in [6.45, 7) is 7.55. The van der Waals surface area contributed by atoms with Crippen LogP contribution in [0.25, 0.3) is 0 Å². The molecule has 1 aliphatic rings. The van der Waals surface area contributed by atoms with Crippen molar-refractivity contribution >= 4 is 19.8 Å². The normalized spacial score (nSPS) is 19.2. The van der Waals surface area contributed by atoms with E-state index in [2.05, 4.69) is 24.6 Å². The molecule has 0 saturated carbocycles. The van der Waals surface area contributed by atoms with E-state index in [1.807, 2.05) is 12.1 Å². The highest BCUT2D eigenvalue weighted by Gasteiger charge is 2.36. The molecule has 1 atom stereocenters. The van der Waals surface area contributed by atoms with E-state index in [0.29, 0.717) is 6.61 Å². The number of amides is 1.